The van der Waals surface area contributed by atoms with Crippen LogP contribution in [0.3, 0.4) is 0 Å². The van der Waals surface area contributed by atoms with Crippen LogP contribution in [0.5, 0.6) is 0 Å². The van der Waals surface area contributed by atoms with Crippen molar-refractivity contribution in [3.8, 4) is 0 Å². The van der Waals surface area contributed by atoms with Gasteiger partial charge in [0.15, 0.2) is 0 Å². The average molecular weight is 260 g/mol. The van der Waals surface area contributed by atoms with E-state index in [-0.39, 0.29) is 6.04 Å². The normalized spacial score (nSPS) is 16.8. The molecule has 1 aromatic rings. The number of aromatic nitrogens is 1. The van der Waals surface area contributed by atoms with Gasteiger partial charge >= 0.3 is 0 Å². The number of ether oxygens (including phenoxy) is 1. The van der Waals surface area contributed by atoms with E-state index in [2.05, 4.69) is 10.4 Å². The van der Waals surface area contributed by atoms with E-state index in [9.17, 15) is 0 Å². The Bertz CT molecular complexity index is 423. The number of hydrazine groups is 1. The number of nitrogens with one attached hydrogen (secondary N) is 1. The molecule has 4 nitrogen and oxygen atoms in total. The molecule has 0 saturated heterocycles. The molecule has 0 spiro atoms. The summed E-state index contributed by atoms with van der Waals surface area (Å²) in [5, 5.41) is 0.956. The molecule has 16 heavy (non-hydrogen) atoms. The van der Waals surface area contributed by atoms with Gasteiger partial charge in [-0.15, -0.1) is 0 Å². The largest absolute Gasteiger partial charge is 0.496 e. The Morgan fingerprint density at radius 1 is 1.50 bits per heavy atom. The van der Waals surface area contributed by atoms with Gasteiger partial charge in [-0.3, -0.25) is 10.8 Å². The van der Waals surface area contributed by atoms with Crippen LogP contribution in [0, 0.1) is 0 Å². The van der Waals surface area contributed by atoms with Crippen molar-refractivity contribution in [3.63, 3.8) is 0 Å². The molecule has 2 rings (SSSR count). The van der Waals surface area contributed by atoms with Crippen LogP contribution in [-0.4, -0.2) is 11.6 Å². The lowest BCUT2D eigenvalue weighted by Crippen LogP contribution is -2.30. The number of hydrogen-bond donors (Lipinski definition) is 2. The molecule has 1 unspecified atom stereocenters. The standard InChI is InChI=1S/C10H11Cl2N3O/c11-6-4-7(12)9(14-5-6)10(15-13)8-2-1-3-16-8/h2,4-5,10,15H,1,3,13H2. The van der Waals surface area contributed by atoms with Crippen LogP contribution in [0.4, 0.5) is 0 Å². The van der Waals surface area contributed by atoms with Gasteiger partial charge in [0.25, 0.3) is 0 Å². The quantitative estimate of drug-likeness (QED) is 0.646. The molecule has 86 valence electrons. The van der Waals surface area contributed by atoms with E-state index in [1.165, 1.54) is 6.20 Å². The molecule has 1 aromatic heterocycles. The Labute approximate surface area is 103 Å². The van der Waals surface area contributed by atoms with E-state index >= 15 is 0 Å². The van der Waals surface area contributed by atoms with Crippen LogP contribution in [-0.2, 0) is 4.74 Å². The second-order valence-corrected chi connectivity index (χ2v) is 4.21. The van der Waals surface area contributed by atoms with E-state index in [0.29, 0.717) is 22.3 Å². The van der Waals surface area contributed by atoms with Crippen LogP contribution in [0.1, 0.15) is 18.2 Å². The van der Waals surface area contributed by atoms with Crippen molar-refractivity contribution in [1.82, 2.24) is 10.4 Å². The van der Waals surface area contributed by atoms with Gasteiger partial charge in [-0.25, -0.2) is 5.43 Å². The highest BCUT2D eigenvalue weighted by Crippen LogP contribution is 2.30. The molecule has 6 heteroatoms. The zero-order valence-electron chi connectivity index (χ0n) is 8.41. The Morgan fingerprint density at radius 2 is 2.31 bits per heavy atom. The molecule has 3 N–H and O–H groups in total. The number of nitrogens with zero attached hydrogens (tertiary/aromatic N) is 1. The summed E-state index contributed by atoms with van der Waals surface area (Å²) in [6.45, 7) is 0.665. The van der Waals surface area contributed by atoms with Crippen LogP contribution in [0.15, 0.2) is 24.1 Å². The average Bonchev–Trinajstić information content (AvgIpc) is 2.75. The number of hydrogen-bond acceptors (Lipinski definition) is 4. The van der Waals surface area contributed by atoms with Crippen molar-refractivity contribution in [1.29, 1.82) is 0 Å². The van der Waals surface area contributed by atoms with Gasteiger partial charge in [0, 0.05) is 12.6 Å². The summed E-state index contributed by atoms with van der Waals surface area (Å²) >= 11 is 11.8. The maximum atomic E-state index is 6.06. The number of nitrogens with two attached hydrogens (primary N) is 1. The van der Waals surface area contributed by atoms with E-state index in [0.717, 1.165) is 12.2 Å². The van der Waals surface area contributed by atoms with E-state index < -0.39 is 0 Å². The lowest BCUT2D eigenvalue weighted by Gasteiger charge is -2.17. The van der Waals surface area contributed by atoms with Crippen LogP contribution >= 0.6 is 23.2 Å². The predicted octanol–water partition coefficient (Wildman–Crippen LogP) is 2.20. The predicted molar refractivity (Wildman–Crippen MR) is 63.0 cm³/mol. The van der Waals surface area contributed by atoms with Crippen molar-refractivity contribution in [2.45, 2.75) is 12.5 Å². The molecule has 0 radical (unpaired) electrons. The number of rotatable bonds is 3. The third-order valence-corrected chi connectivity index (χ3v) is 2.80. The summed E-state index contributed by atoms with van der Waals surface area (Å²) in [6, 6.07) is 1.30. The first-order valence-corrected chi connectivity index (χ1v) is 5.58. The fraction of sp³-hybridized carbons (Fsp3) is 0.300. The molecule has 1 atom stereocenters. The minimum absolute atomic E-state index is 0.327. The van der Waals surface area contributed by atoms with Crippen molar-refractivity contribution >= 4 is 23.2 Å². The van der Waals surface area contributed by atoms with Crippen molar-refractivity contribution in [2.75, 3.05) is 6.61 Å². The van der Waals surface area contributed by atoms with Crippen LogP contribution in [0.2, 0.25) is 10.0 Å². The SMILES string of the molecule is NNC(C1=CCCO1)c1ncc(Cl)cc1Cl. The van der Waals surface area contributed by atoms with Gasteiger partial charge in [-0.2, -0.15) is 0 Å². The second-order valence-electron chi connectivity index (χ2n) is 3.36. The number of halogens is 2. The second kappa shape index (κ2) is 5.01. The molecular weight excluding hydrogens is 249 g/mol. The van der Waals surface area contributed by atoms with E-state index in [4.69, 9.17) is 33.8 Å². The molecule has 0 fully saturated rings. The zero-order chi connectivity index (χ0) is 11.5. The highest BCUT2D eigenvalue weighted by atomic mass is 35.5. The molecule has 0 amide bonds. The smallest absolute Gasteiger partial charge is 0.122 e. The molecule has 1 aliphatic rings. The van der Waals surface area contributed by atoms with Crippen LogP contribution in [0.25, 0.3) is 0 Å². The van der Waals surface area contributed by atoms with Gasteiger partial charge in [0.1, 0.15) is 11.8 Å². The van der Waals surface area contributed by atoms with E-state index in [1.54, 1.807) is 6.07 Å². The minimum atomic E-state index is -0.327. The highest BCUT2D eigenvalue weighted by Gasteiger charge is 2.23. The highest BCUT2D eigenvalue weighted by molar-refractivity contribution is 6.34. The topological polar surface area (TPSA) is 60.2 Å². The minimum Gasteiger partial charge on any atom is -0.496 e. The third kappa shape index (κ3) is 2.30. The zero-order valence-corrected chi connectivity index (χ0v) is 9.92. The maximum absolute atomic E-state index is 6.06. The fourth-order valence-corrected chi connectivity index (χ4v) is 2.06. The van der Waals surface area contributed by atoms with Crippen molar-refractivity contribution in [3.05, 3.63) is 39.8 Å². The molecule has 1 aliphatic heterocycles. The Kier molecular flexibility index (Phi) is 3.66. The Balaban J connectivity index is 2.32. The summed E-state index contributed by atoms with van der Waals surface area (Å²) in [7, 11) is 0. The summed E-state index contributed by atoms with van der Waals surface area (Å²) in [6.07, 6.45) is 4.37. The summed E-state index contributed by atoms with van der Waals surface area (Å²) in [5.74, 6) is 6.24. The summed E-state index contributed by atoms with van der Waals surface area (Å²) in [5.41, 5.74) is 3.25. The first-order chi connectivity index (χ1) is 7.72. The van der Waals surface area contributed by atoms with E-state index in [1.807, 2.05) is 6.08 Å². The van der Waals surface area contributed by atoms with Gasteiger partial charge in [0.2, 0.25) is 0 Å². The monoisotopic (exact) mass is 259 g/mol. The summed E-state index contributed by atoms with van der Waals surface area (Å²) in [4.78, 5) is 4.17. The lowest BCUT2D eigenvalue weighted by molar-refractivity contribution is 0.214. The Morgan fingerprint density at radius 3 is 2.88 bits per heavy atom. The molecule has 2 heterocycles. The van der Waals surface area contributed by atoms with Crippen LogP contribution < -0.4 is 11.3 Å². The Hall–Kier alpha value is -0.810. The van der Waals surface area contributed by atoms with Gasteiger partial charge in [-0.05, 0) is 12.1 Å². The third-order valence-electron chi connectivity index (χ3n) is 2.29. The van der Waals surface area contributed by atoms with Gasteiger partial charge in [-0.1, -0.05) is 23.2 Å². The van der Waals surface area contributed by atoms with Crippen molar-refractivity contribution in [2.24, 2.45) is 5.84 Å². The van der Waals surface area contributed by atoms with Gasteiger partial charge < -0.3 is 4.74 Å². The van der Waals surface area contributed by atoms with Gasteiger partial charge in [0.05, 0.1) is 22.3 Å². The first-order valence-electron chi connectivity index (χ1n) is 4.82. The molecule has 0 saturated carbocycles. The molecular formula is C10H11Cl2N3O. The fourth-order valence-electron chi connectivity index (χ4n) is 1.57. The first kappa shape index (κ1) is 11.7. The lowest BCUT2D eigenvalue weighted by atomic mass is 10.1. The molecule has 0 aliphatic carbocycles. The van der Waals surface area contributed by atoms with Crippen molar-refractivity contribution < 1.29 is 4.74 Å². The molecule has 0 aromatic carbocycles. The maximum Gasteiger partial charge on any atom is 0.122 e. The molecule has 0 bridgehead atoms. The number of pyridine rings is 1. The summed E-state index contributed by atoms with van der Waals surface area (Å²) < 4.78 is 5.43.